The quantitative estimate of drug-likeness (QED) is 0.208. The molecule has 41 heavy (non-hydrogen) atoms. The fourth-order valence-corrected chi connectivity index (χ4v) is 7.73. The predicted molar refractivity (Wildman–Crippen MR) is 169 cm³/mol. The van der Waals surface area contributed by atoms with Gasteiger partial charge in [0.1, 0.15) is 11.5 Å². The van der Waals surface area contributed by atoms with Gasteiger partial charge in [-0.25, -0.2) is 0 Å². The lowest BCUT2D eigenvalue weighted by Crippen LogP contribution is -2.32. The summed E-state index contributed by atoms with van der Waals surface area (Å²) >= 11 is 0. The molecule has 0 unspecified atom stereocenters. The molecule has 3 aliphatic rings. The Morgan fingerprint density at radius 1 is 0.585 bits per heavy atom. The average Bonchev–Trinajstić information content (AvgIpc) is 3.43. The van der Waals surface area contributed by atoms with Gasteiger partial charge in [0.2, 0.25) is 0 Å². The maximum absolute atomic E-state index is 6.67. The van der Waals surface area contributed by atoms with Gasteiger partial charge in [-0.2, -0.15) is 0 Å². The van der Waals surface area contributed by atoms with E-state index in [0.29, 0.717) is 0 Å². The van der Waals surface area contributed by atoms with E-state index in [-0.39, 0.29) is 5.41 Å². The molecule has 0 aromatic heterocycles. The van der Waals surface area contributed by atoms with Crippen molar-refractivity contribution in [1.29, 1.82) is 0 Å². The van der Waals surface area contributed by atoms with Gasteiger partial charge in [0.15, 0.2) is 0 Å². The summed E-state index contributed by atoms with van der Waals surface area (Å²) < 4.78 is 6.67. The maximum Gasteiger partial charge on any atom is 0.132 e. The Morgan fingerprint density at radius 2 is 1.15 bits per heavy atom. The molecule has 0 bridgehead atoms. The Bertz CT molecular complexity index is 1920. The average molecular weight is 527 g/mol. The van der Waals surface area contributed by atoms with E-state index >= 15 is 0 Å². The van der Waals surface area contributed by atoms with Crippen molar-refractivity contribution in [2.45, 2.75) is 24.7 Å². The van der Waals surface area contributed by atoms with Crippen LogP contribution in [0.5, 0.6) is 11.5 Å². The van der Waals surface area contributed by atoms with Gasteiger partial charge in [-0.15, -0.1) is 0 Å². The van der Waals surface area contributed by atoms with Crippen molar-refractivity contribution in [1.82, 2.24) is 0 Å². The molecule has 0 N–H and O–H groups in total. The largest absolute Gasteiger partial charge is 0.457 e. The van der Waals surface area contributed by atoms with Crippen molar-refractivity contribution in [2.75, 3.05) is 0 Å². The highest BCUT2D eigenvalue weighted by Gasteiger charge is 2.51. The minimum Gasteiger partial charge on any atom is -0.457 e. The van der Waals surface area contributed by atoms with E-state index < -0.39 is 5.41 Å². The van der Waals surface area contributed by atoms with Crippen LogP contribution in [0.1, 0.15) is 52.8 Å². The zero-order chi connectivity index (χ0) is 27.8. The SMILES string of the molecule is C=C/C=C\C1=C(c2ccc3c(c2)C2(c4ccccc4O3)c3ccccc3-c3ccccc32)C(C)(C)c2ccccc21. The fraction of sp³-hybridized carbons (Fsp3) is 0.100. The number of hydrogen-bond acceptors (Lipinski definition) is 1. The molecule has 5 aromatic rings. The van der Waals surface area contributed by atoms with Crippen molar-refractivity contribution in [3.8, 4) is 22.6 Å². The van der Waals surface area contributed by atoms with Gasteiger partial charge in [0.05, 0.1) is 5.41 Å². The second-order valence-corrected chi connectivity index (χ2v) is 11.7. The molecule has 1 heteroatoms. The summed E-state index contributed by atoms with van der Waals surface area (Å²) in [5, 5.41) is 0. The molecule has 0 saturated heterocycles. The minimum atomic E-state index is -0.472. The van der Waals surface area contributed by atoms with Crippen LogP contribution in [0.2, 0.25) is 0 Å². The summed E-state index contributed by atoms with van der Waals surface area (Å²) in [5.74, 6) is 1.83. The highest BCUT2D eigenvalue weighted by molar-refractivity contribution is 6.05. The van der Waals surface area contributed by atoms with Crippen LogP contribution in [-0.2, 0) is 10.8 Å². The molecular formula is C40H30O. The minimum absolute atomic E-state index is 0.169. The van der Waals surface area contributed by atoms with E-state index in [1.165, 1.54) is 61.2 Å². The fourth-order valence-electron chi connectivity index (χ4n) is 7.73. The van der Waals surface area contributed by atoms with Crippen LogP contribution >= 0.6 is 0 Å². The van der Waals surface area contributed by atoms with Crippen molar-refractivity contribution in [3.63, 3.8) is 0 Å². The van der Waals surface area contributed by atoms with E-state index in [4.69, 9.17) is 4.74 Å². The second kappa shape index (κ2) is 8.56. The Balaban J connectivity index is 1.47. The zero-order valence-electron chi connectivity index (χ0n) is 23.3. The molecule has 196 valence electrons. The molecule has 1 aliphatic heterocycles. The molecule has 5 aromatic carbocycles. The molecule has 8 rings (SSSR count). The highest BCUT2D eigenvalue weighted by atomic mass is 16.5. The van der Waals surface area contributed by atoms with Gasteiger partial charge in [0.25, 0.3) is 0 Å². The Labute approximate surface area is 241 Å². The first-order valence-electron chi connectivity index (χ1n) is 14.3. The van der Waals surface area contributed by atoms with E-state index in [1.54, 1.807) is 0 Å². The lowest BCUT2D eigenvalue weighted by Gasteiger charge is -2.40. The van der Waals surface area contributed by atoms with E-state index in [1.807, 2.05) is 6.08 Å². The van der Waals surface area contributed by atoms with Crippen LogP contribution in [0.25, 0.3) is 22.3 Å². The Hall–Kier alpha value is -4.88. The molecule has 0 radical (unpaired) electrons. The zero-order valence-corrected chi connectivity index (χ0v) is 23.3. The van der Waals surface area contributed by atoms with E-state index in [0.717, 1.165) is 11.5 Å². The Morgan fingerprint density at radius 3 is 1.83 bits per heavy atom. The molecule has 0 fully saturated rings. The first kappa shape index (κ1) is 24.0. The van der Waals surface area contributed by atoms with Gasteiger partial charge in [-0.3, -0.25) is 0 Å². The summed E-state index contributed by atoms with van der Waals surface area (Å²) in [5.41, 5.74) is 13.4. The number of ether oxygens (including phenoxy) is 1. The van der Waals surface area contributed by atoms with Gasteiger partial charge >= 0.3 is 0 Å². The number of rotatable bonds is 3. The predicted octanol–water partition coefficient (Wildman–Crippen LogP) is 10.1. The standard InChI is InChI=1S/C40H30O/c1-4-5-14-30-29-17-6-9-18-31(29)39(2,3)38(30)26-23-24-37-35(25-26)40(34-21-12-13-22-36(34)41-37)32-19-10-7-15-27(32)28-16-8-11-20-33(28)40/h4-25H,1H2,2-3H3/b14-5-. The molecule has 0 saturated carbocycles. The van der Waals surface area contributed by atoms with Crippen molar-refractivity contribution in [2.24, 2.45) is 0 Å². The number of fused-ring (bicyclic) bond motifs is 10. The van der Waals surface area contributed by atoms with Gasteiger partial charge in [-0.05, 0) is 68.3 Å². The third kappa shape index (κ3) is 3.06. The lowest BCUT2D eigenvalue weighted by molar-refractivity contribution is 0.436. The number of para-hydroxylation sites is 1. The number of allylic oxidation sites excluding steroid dienone is 5. The summed E-state index contributed by atoms with van der Waals surface area (Å²) in [6.45, 7) is 8.64. The highest BCUT2D eigenvalue weighted by Crippen LogP contribution is 2.62. The Kier molecular flexibility index (Phi) is 5.00. The molecule has 2 aliphatic carbocycles. The molecule has 1 spiro atoms. The monoisotopic (exact) mass is 526 g/mol. The third-order valence-corrected chi connectivity index (χ3v) is 9.32. The van der Waals surface area contributed by atoms with E-state index in [2.05, 4.69) is 148 Å². The van der Waals surface area contributed by atoms with Crippen LogP contribution in [0.3, 0.4) is 0 Å². The van der Waals surface area contributed by atoms with Gasteiger partial charge < -0.3 is 4.74 Å². The summed E-state index contributed by atoms with van der Waals surface area (Å²) in [6, 6.07) is 42.0. The summed E-state index contributed by atoms with van der Waals surface area (Å²) in [6.07, 6.45) is 6.13. The van der Waals surface area contributed by atoms with Crippen molar-refractivity contribution >= 4 is 11.1 Å². The molecule has 0 atom stereocenters. The summed E-state index contributed by atoms with van der Waals surface area (Å²) in [4.78, 5) is 0. The molecule has 0 amide bonds. The third-order valence-electron chi connectivity index (χ3n) is 9.32. The van der Waals surface area contributed by atoms with Gasteiger partial charge in [-0.1, -0.05) is 136 Å². The molecular weight excluding hydrogens is 496 g/mol. The van der Waals surface area contributed by atoms with Crippen LogP contribution in [0.15, 0.2) is 140 Å². The van der Waals surface area contributed by atoms with Crippen LogP contribution in [0, 0.1) is 0 Å². The van der Waals surface area contributed by atoms with Crippen LogP contribution in [-0.4, -0.2) is 0 Å². The van der Waals surface area contributed by atoms with Crippen molar-refractivity contribution in [3.05, 3.63) is 179 Å². The normalized spacial score (nSPS) is 16.5. The van der Waals surface area contributed by atoms with Crippen molar-refractivity contribution < 1.29 is 4.74 Å². The maximum atomic E-state index is 6.67. The smallest absolute Gasteiger partial charge is 0.132 e. The van der Waals surface area contributed by atoms with E-state index in [9.17, 15) is 0 Å². The second-order valence-electron chi connectivity index (χ2n) is 11.7. The molecule has 1 nitrogen and oxygen atoms in total. The summed E-state index contributed by atoms with van der Waals surface area (Å²) in [7, 11) is 0. The lowest BCUT2D eigenvalue weighted by atomic mass is 9.65. The number of hydrogen-bond donors (Lipinski definition) is 0. The first-order chi connectivity index (χ1) is 20.1. The van der Waals surface area contributed by atoms with Gasteiger partial charge in [0, 0.05) is 16.5 Å². The topological polar surface area (TPSA) is 9.23 Å². The first-order valence-corrected chi connectivity index (χ1v) is 14.3. The van der Waals surface area contributed by atoms with Crippen LogP contribution in [0.4, 0.5) is 0 Å². The number of benzene rings is 5. The van der Waals surface area contributed by atoms with Crippen LogP contribution < -0.4 is 4.74 Å². The molecule has 1 heterocycles.